The molecule has 2 N–H and O–H groups in total. The highest BCUT2D eigenvalue weighted by molar-refractivity contribution is 6.31. The summed E-state index contributed by atoms with van der Waals surface area (Å²) >= 11 is 12.2. The maximum atomic E-state index is 6.13. The summed E-state index contributed by atoms with van der Waals surface area (Å²) in [6, 6.07) is 15.4. The lowest BCUT2D eigenvalue weighted by molar-refractivity contribution is 0.533. The van der Waals surface area contributed by atoms with Gasteiger partial charge in [-0.15, -0.1) is 0 Å². The normalized spacial score (nSPS) is 21.5. The van der Waals surface area contributed by atoms with Gasteiger partial charge in [-0.1, -0.05) is 41.4 Å². The van der Waals surface area contributed by atoms with Crippen LogP contribution in [0.4, 0.5) is 5.69 Å². The maximum Gasteiger partial charge on any atom is 0.196 e. The van der Waals surface area contributed by atoms with Crippen LogP contribution in [0.5, 0.6) is 0 Å². The van der Waals surface area contributed by atoms with E-state index in [2.05, 4.69) is 11.9 Å². The van der Waals surface area contributed by atoms with Crippen molar-refractivity contribution in [1.82, 2.24) is 0 Å². The first-order chi connectivity index (χ1) is 10.0. The monoisotopic (exact) mass is 319 g/mol. The van der Waals surface area contributed by atoms with Crippen LogP contribution in [0.15, 0.2) is 53.5 Å². The van der Waals surface area contributed by atoms with Gasteiger partial charge < -0.3 is 10.6 Å². The Labute approximate surface area is 134 Å². The topological polar surface area (TPSA) is 41.6 Å². The number of halogens is 2. The fourth-order valence-electron chi connectivity index (χ4n) is 2.71. The lowest BCUT2D eigenvalue weighted by Crippen LogP contribution is -2.47. The largest absolute Gasteiger partial charge is 0.369 e. The quantitative estimate of drug-likeness (QED) is 0.907. The van der Waals surface area contributed by atoms with Crippen molar-refractivity contribution in [3.05, 3.63) is 64.1 Å². The van der Waals surface area contributed by atoms with Crippen molar-refractivity contribution >= 4 is 34.8 Å². The van der Waals surface area contributed by atoms with E-state index < -0.39 is 0 Å². The Morgan fingerprint density at radius 3 is 2.43 bits per heavy atom. The zero-order valence-corrected chi connectivity index (χ0v) is 13.1. The molecule has 21 heavy (non-hydrogen) atoms. The number of nitrogens with two attached hydrogens (primary N) is 1. The molecule has 0 spiro atoms. The molecule has 1 aliphatic rings. The summed E-state index contributed by atoms with van der Waals surface area (Å²) in [7, 11) is 0. The number of hydrogen-bond donors (Lipinski definition) is 1. The lowest BCUT2D eigenvalue weighted by Gasteiger charge is -2.36. The first-order valence-corrected chi connectivity index (χ1v) is 7.38. The third kappa shape index (κ3) is 2.47. The van der Waals surface area contributed by atoms with E-state index in [-0.39, 0.29) is 5.54 Å². The molecule has 0 aromatic heterocycles. The third-order valence-electron chi connectivity index (χ3n) is 3.78. The average Bonchev–Trinajstić information content (AvgIpc) is 2.76. The predicted octanol–water partition coefficient (Wildman–Crippen LogP) is 4.04. The molecule has 5 heteroatoms. The fourth-order valence-corrected chi connectivity index (χ4v) is 3.08. The van der Waals surface area contributed by atoms with Crippen molar-refractivity contribution in [3.63, 3.8) is 0 Å². The van der Waals surface area contributed by atoms with E-state index in [9.17, 15) is 0 Å². The Bertz CT molecular complexity index is 714. The van der Waals surface area contributed by atoms with Crippen LogP contribution >= 0.6 is 23.2 Å². The third-order valence-corrected chi connectivity index (χ3v) is 4.25. The summed E-state index contributed by atoms with van der Waals surface area (Å²) in [6.07, 6.45) is 0. The maximum absolute atomic E-state index is 6.13. The van der Waals surface area contributed by atoms with Crippen LogP contribution in [0.3, 0.4) is 0 Å². The highest BCUT2D eigenvalue weighted by Crippen LogP contribution is 2.38. The minimum atomic E-state index is -0.375. The molecule has 2 aromatic rings. The van der Waals surface area contributed by atoms with Gasteiger partial charge in [0.15, 0.2) is 5.96 Å². The van der Waals surface area contributed by atoms with Crippen molar-refractivity contribution in [2.45, 2.75) is 12.5 Å². The van der Waals surface area contributed by atoms with Crippen molar-refractivity contribution in [2.75, 3.05) is 11.4 Å². The van der Waals surface area contributed by atoms with Gasteiger partial charge in [0.25, 0.3) is 0 Å². The van der Waals surface area contributed by atoms with Crippen LogP contribution in [-0.4, -0.2) is 12.5 Å². The van der Waals surface area contributed by atoms with Crippen LogP contribution in [0.25, 0.3) is 0 Å². The van der Waals surface area contributed by atoms with Gasteiger partial charge in [-0.2, -0.15) is 0 Å². The fraction of sp³-hybridized carbons (Fsp3) is 0.188. The minimum absolute atomic E-state index is 0.375. The molecule has 3 rings (SSSR count). The Morgan fingerprint density at radius 1 is 1.10 bits per heavy atom. The van der Waals surface area contributed by atoms with Crippen molar-refractivity contribution < 1.29 is 0 Å². The van der Waals surface area contributed by atoms with Crippen LogP contribution in [-0.2, 0) is 5.54 Å². The summed E-state index contributed by atoms with van der Waals surface area (Å²) in [5, 5.41) is 1.37. The molecule has 0 saturated carbocycles. The number of aliphatic imine (C=N–C) groups is 1. The highest BCUT2D eigenvalue weighted by atomic mass is 35.5. The van der Waals surface area contributed by atoms with Gasteiger partial charge in [0, 0.05) is 15.7 Å². The van der Waals surface area contributed by atoms with Crippen LogP contribution in [0, 0.1) is 0 Å². The molecule has 0 fully saturated rings. The molecular weight excluding hydrogens is 305 g/mol. The van der Waals surface area contributed by atoms with E-state index in [0.717, 1.165) is 11.3 Å². The smallest absolute Gasteiger partial charge is 0.196 e. The molecule has 0 amide bonds. The Balaban J connectivity index is 2.10. The van der Waals surface area contributed by atoms with Gasteiger partial charge in [0.2, 0.25) is 0 Å². The van der Waals surface area contributed by atoms with E-state index in [0.29, 0.717) is 22.5 Å². The van der Waals surface area contributed by atoms with Gasteiger partial charge in [-0.3, -0.25) is 4.99 Å². The summed E-state index contributed by atoms with van der Waals surface area (Å²) in [5.41, 5.74) is 7.73. The average molecular weight is 320 g/mol. The number of benzene rings is 2. The first-order valence-electron chi connectivity index (χ1n) is 6.62. The second-order valence-electron chi connectivity index (χ2n) is 5.27. The van der Waals surface area contributed by atoms with E-state index in [1.165, 1.54) is 0 Å². The standard InChI is InChI=1S/C16H15Cl2N3/c1-16(11-4-2-5-12(17)8-11)10-20-15(19)21(16)14-7-3-6-13(18)9-14/h2-9H,10H2,1H3,(H2,19,20). The van der Waals surface area contributed by atoms with Crippen molar-refractivity contribution in [3.8, 4) is 0 Å². The summed E-state index contributed by atoms with van der Waals surface area (Å²) < 4.78 is 0. The predicted molar refractivity (Wildman–Crippen MR) is 89.2 cm³/mol. The molecule has 1 aliphatic heterocycles. The van der Waals surface area contributed by atoms with Crippen LogP contribution in [0.2, 0.25) is 10.0 Å². The summed E-state index contributed by atoms with van der Waals surface area (Å²) in [6.45, 7) is 2.68. The molecule has 1 heterocycles. The van der Waals surface area contributed by atoms with Gasteiger partial charge in [-0.25, -0.2) is 0 Å². The molecular formula is C16H15Cl2N3. The van der Waals surface area contributed by atoms with Crippen LogP contribution < -0.4 is 10.6 Å². The molecule has 1 unspecified atom stereocenters. The van der Waals surface area contributed by atoms with E-state index >= 15 is 0 Å². The molecule has 3 nitrogen and oxygen atoms in total. The van der Waals surface area contributed by atoms with Crippen LogP contribution in [0.1, 0.15) is 12.5 Å². The Hall–Kier alpha value is -1.71. The SMILES string of the molecule is CC1(c2cccc(Cl)c2)CN=C(N)N1c1cccc(Cl)c1. The highest BCUT2D eigenvalue weighted by Gasteiger charge is 2.40. The summed E-state index contributed by atoms with van der Waals surface area (Å²) in [5.74, 6) is 0.486. The van der Waals surface area contributed by atoms with Gasteiger partial charge in [0.1, 0.15) is 0 Å². The first kappa shape index (κ1) is 14.2. The van der Waals surface area contributed by atoms with E-state index in [1.807, 2.05) is 53.4 Å². The van der Waals surface area contributed by atoms with E-state index in [4.69, 9.17) is 28.9 Å². The zero-order valence-electron chi connectivity index (χ0n) is 11.6. The second kappa shape index (κ2) is 5.24. The molecule has 0 saturated heterocycles. The van der Waals surface area contributed by atoms with Crippen molar-refractivity contribution in [2.24, 2.45) is 10.7 Å². The van der Waals surface area contributed by atoms with Gasteiger partial charge in [-0.05, 0) is 42.8 Å². The number of rotatable bonds is 2. The molecule has 0 radical (unpaired) electrons. The molecule has 2 aromatic carbocycles. The number of guanidine groups is 1. The number of nitrogens with zero attached hydrogens (tertiary/aromatic N) is 2. The lowest BCUT2D eigenvalue weighted by atomic mass is 9.90. The van der Waals surface area contributed by atoms with Gasteiger partial charge >= 0.3 is 0 Å². The van der Waals surface area contributed by atoms with E-state index in [1.54, 1.807) is 0 Å². The molecule has 0 bridgehead atoms. The minimum Gasteiger partial charge on any atom is -0.369 e. The Morgan fingerprint density at radius 2 is 1.76 bits per heavy atom. The molecule has 108 valence electrons. The van der Waals surface area contributed by atoms with Gasteiger partial charge in [0.05, 0.1) is 12.1 Å². The zero-order chi connectivity index (χ0) is 15.0. The second-order valence-corrected chi connectivity index (χ2v) is 6.15. The number of hydrogen-bond acceptors (Lipinski definition) is 3. The van der Waals surface area contributed by atoms with Crippen molar-refractivity contribution in [1.29, 1.82) is 0 Å². The summed E-state index contributed by atoms with van der Waals surface area (Å²) in [4.78, 5) is 6.42. The Kier molecular flexibility index (Phi) is 3.56. The molecule has 0 aliphatic carbocycles. The molecule has 1 atom stereocenters. The number of anilines is 1.